The first-order valence-corrected chi connectivity index (χ1v) is 6.02. The number of piperidine rings is 1. The van der Waals surface area contributed by atoms with Crippen molar-refractivity contribution in [3.05, 3.63) is 24.3 Å². The predicted octanol–water partition coefficient (Wildman–Crippen LogP) is 0.896. The Morgan fingerprint density at radius 3 is 2.88 bits per heavy atom. The monoisotopic (exact) mass is 234 g/mol. The molecular weight excluding hydrogens is 216 g/mol. The van der Waals surface area contributed by atoms with Crippen LogP contribution in [-0.2, 0) is 0 Å². The van der Waals surface area contributed by atoms with Gasteiger partial charge in [-0.3, -0.25) is 14.7 Å². The summed E-state index contributed by atoms with van der Waals surface area (Å²) < 4.78 is 0. The smallest absolute Gasteiger partial charge is 0.272 e. The van der Waals surface area contributed by atoms with Gasteiger partial charge < -0.3 is 5.32 Å². The zero-order valence-corrected chi connectivity index (χ0v) is 10.1. The van der Waals surface area contributed by atoms with E-state index in [0.717, 1.165) is 19.0 Å². The van der Waals surface area contributed by atoms with E-state index in [2.05, 4.69) is 27.1 Å². The zero-order chi connectivity index (χ0) is 12.1. The van der Waals surface area contributed by atoms with Crippen LogP contribution in [-0.4, -0.2) is 40.5 Å². The molecule has 1 aromatic rings. The van der Waals surface area contributed by atoms with E-state index in [1.165, 1.54) is 25.2 Å². The molecule has 1 N–H and O–H groups in total. The van der Waals surface area contributed by atoms with Gasteiger partial charge in [0.2, 0.25) is 0 Å². The summed E-state index contributed by atoms with van der Waals surface area (Å²) in [5.41, 5.74) is 0.373. The van der Waals surface area contributed by atoms with Crippen molar-refractivity contribution in [3.63, 3.8) is 0 Å². The molecule has 1 fully saturated rings. The minimum Gasteiger partial charge on any atom is -0.338 e. The fraction of sp³-hybridized carbons (Fsp3) is 0.583. The predicted molar refractivity (Wildman–Crippen MR) is 64.3 cm³/mol. The van der Waals surface area contributed by atoms with Crippen molar-refractivity contribution < 1.29 is 4.79 Å². The number of likely N-dealkylation sites (tertiary alicyclic amines) is 1. The van der Waals surface area contributed by atoms with Gasteiger partial charge in [-0.2, -0.15) is 0 Å². The van der Waals surface area contributed by atoms with Crippen molar-refractivity contribution in [2.24, 2.45) is 5.92 Å². The third-order valence-electron chi connectivity index (χ3n) is 3.14. The average molecular weight is 234 g/mol. The molecule has 5 nitrogen and oxygen atoms in total. The summed E-state index contributed by atoms with van der Waals surface area (Å²) in [4.78, 5) is 21.8. The van der Waals surface area contributed by atoms with E-state index in [4.69, 9.17) is 0 Å². The molecule has 0 atom stereocenters. The zero-order valence-electron chi connectivity index (χ0n) is 10.1. The van der Waals surface area contributed by atoms with E-state index in [9.17, 15) is 4.79 Å². The highest BCUT2D eigenvalue weighted by Gasteiger charge is 2.16. The fourth-order valence-corrected chi connectivity index (χ4v) is 1.91. The lowest BCUT2D eigenvalue weighted by Crippen LogP contribution is -2.41. The lowest BCUT2D eigenvalue weighted by atomic mass is 10.00. The van der Waals surface area contributed by atoms with Crippen LogP contribution in [0.15, 0.2) is 18.6 Å². The van der Waals surface area contributed by atoms with E-state index >= 15 is 0 Å². The summed E-state index contributed by atoms with van der Waals surface area (Å²) in [6, 6.07) is 0. The lowest BCUT2D eigenvalue weighted by molar-refractivity contribution is 0.0900. The van der Waals surface area contributed by atoms with Gasteiger partial charge in [-0.25, -0.2) is 4.98 Å². The molecule has 1 aliphatic heterocycles. The maximum absolute atomic E-state index is 11.7. The summed E-state index contributed by atoms with van der Waals surface area (Å²) in [7, 11) is 0. The second-order valence-electron chi connectivity index (χ2n) is 4.56. The van der Waals surface area contributed by atoms with Crippen LogP contribution in [0.1, 0.15) is 30.3 Å². The Bertz CT molecular complexity index is 360. The first-order chi connectivity index (χ1) is 8.25. The average Bonchev–Trinajstić information content (AvgIpc) is 2.39. The van der Waals surface area contributed by atoms with Crippen LogP contribution in [0, 0.1) is 5.92 Å². The largest absolute Gasteiger partial charge is 0.338 e. The molecule has 92 valence electrons. The number of carbonyl (C=O) groups is 1. The number of hydrogen-bond donors (Lipinski definition) is 1. The van der Waals surface area contributed by atoms with E-state index in [1.807, 2.05) is 0 Å². The molecule has 5 heteroatoms. The van der Waals surface area contributed by atoms with Gasteiger partial charge in [-0.1, -0.05) is 6.92 Å². The Labute approximate surface area is 101 Å². The molecule has 1 amide bonds. The fourth-order valence-electron chi connectivity index (χ4n) is 1.91. The quantitative estimate of drug-likeness (QED) is 0.844. The number of aromatic nitrogens is 2. The molecule has 0 aliphatic carbocycles. The summed E-state index contributed by atoms with van der Waals surface area (Å²) in [5, 5.41) is 2.87. The van der Waals surface area contributed by atoms with Gasteiger partial charge in [-0.15, -0.1) is 0 Å². The standard InChI is InChI=1S/C12H18N4O/c1-10-2-6-16(7-3-10)9-15-12(17)11-8-13-4-5-14-11/h4-5,8,10H,2-3,6-7,9H2,1H3,(H,15,17). The molecular formula is C12H18N4O. The Balaban J connectivity index is 1.77. The summed E-state index contributed by atoms with van der Waals surface area (Å²) in [5.74, 6) is 0.652. The molecule has 1 aromatic heterocycles. The van der Waals surface area contributed by atoms with E-state index < -0.39 is 0 Å². The second kappa shape index (κ2) is 5.72. The number of carbonyl (C=O) groups excluding carboxylic acids is 1. The van der Waals surface area contributed by atoms with E-state index in [0.29, 0.717) is 12.4 Å². The SMILES string of the molecule is CC1CCN(CNC(=O)c2cnccn2)CC1. The first-order valence-electron chi connectivity index (χ1n) is 6.02. The third-order valence-corrected chi connectivity index (χ3v) is 3.14. The molecule has 0 aromatic carbocycles. The molecule has 0 radical (unpaired) electrons. The van der Waals surface area contributed by atoms with E-state index in [1.54, 1.807) is 6.20 Å². The van der Waals surface area contributed by atoms with Crippen LogP contribution in [0.3, 0.4) is 0 Å². The van der Waals surface area contributed by atoms with Gasteiger partial charge >= 0.3 is 0 Å². The third kappa shape index (κ3) is 3.49. The highest BCUT2D eigenvalue weighted by Crippen LogP contribution is 2.14. The van der Waals surface area contributed by atoms with Gasteiger partial charge in [0.1, 0.15) is 5.69 Å². The summed E-state index contributed by atoms with van der Waals surface area (Å²) in [6.07, 6.45) is 6.98. The molecule has 1 aliphatic rings. The summed E-state index contributed by atoms with van der Waals surface area (Å²) in [6.45, 7) is 4.99. The number of hydrogen-bond acceptors (Lipinski definition) is 4. The van der Waals surface area contributed by atoms with Crippen molar-refractivity contribution in [2.75, 3.05) is 19.8 Å². The van der Waals surface area contributed by atoms with E-state index in [-0.39, 0.29) is 5.91 Å². The number of amides is 1. The van der Waals surface area contributed by atoms with Crippen molar-refractivity contribution in [2.45, 2.75) is 19.8 Å². The normalized spacial score (nSPS) is 17.9. The van der Waals surface area contributed by atoms with Gasteiger partial charge in [0.25, 0.3) is 5.91 Å². The molecule has 2 rings (SSSR count). The lowest BCUT2D eigenvalue weighted by Gasteiger charge is -2.29. The minimum atomic E-state index is -0.156. The molecule has 0 bridgehead atoms. The Hall–Kier alpha value is -1.49. The van der Waals surface area contributed by atoms with Gasteiger partial charge in [-0.05, 0) is 18.8 Å². The molecule has 0 saturated carbocycles. The van der Waals surface area contributed by atoms with Crippen LogP contribution in [0.2, 0.25) is 0 Å². The number of nitrogens with one attached hydrogen (secondary N) is 1. The van der Waals surface area contributed by atoms with Gasteiger partial charge in [0.05, 0.1) is 12.9 Å². The highest BCUT2D eigenvalue weighted by atomic mass is 16.2. The molecule has 1 saturated heterocycles. The molecule has 0 spiro atoms. The first kappa shape index (κ1) is 12.0. The van der Waals surface area contributed by atoms with Gasteiger partial charge in [0.15, 0.2) is 0 Å². The van der Waals surface area contributed by atoms with Crippen LogP contribution < -0.4 is 5.32 Å². The Kier molecular flexibility index (Phi) is 4.03. The number of nitrogens with zero attached hydrogens (tertiary/aromatic N) is 3. The Morgan fingerprint density at radius 1 is 1.47 bits per heavy atom. The van der Waals surface area contributed by atoms with Crippen molar-refractivity contribution in [1.29, 1.82) is 0 Å². The van der Waals surface area contributed by atoms with Gasteiger partial charge in [0, 0.05) is 25.5 Å². The van der Waals surface area contributed by atoms with Crippen molar-refractivity contribution in [1.82, 2.24) is 20.2 Å². The Morgan fingerprint density at radius 2 is 2.24 bits per heavy atom. The van der Waals surface area contributed by atoms with Crippen LogP contribution in [0.4, 0.5) is 0 Å². The second-order valence-corrected chi connectivity index (χ2v) is 4.56. The number of rotatable bonds is 3. The molecule has 2 heterocycles. The topological polar surface area (TPSA) is 58.1 Å². The van der Waals surface area contributed by atoms with Crippen molar-refractivity contribution >= 4 is 5.91 Å². The maximum Gasteiger partial charge on any atom is 0.272 e. The van der Waals surface area contributed by atoms with Crippen LogP contribution in [0.25, 0.3) is 0 Å². The van der Waals surface area contributed by atoms with Crippen LogP contribution >= 0.6 is 0 Å². The maximum atomic E-state index is 11.7. The van der Waals surface area contributed by atoms with Crippen molar-refractivity contribution in [3.8, 4) is 0 Å². The minimum absolute atomic E-state index is 0.156. The molecule has 0 unspecified atom stereocenters. The molecule has 17 heavy (non-hydrogen) atoms. The highest BCUT2D eigenvalue weighted by molar-refractivity contribution is 5.91. The van der Waals surface area contributed by atoms with Crippen LogP contribution in [0.5, 0.6) is 0 Å². The summed E-state index contributed by atoms with van der Waals surface area (Å²) >= 11 is 0.